The summed E-state index contributed by atoms with van der Waals surface area (Å²) >= 11 is 0. The van der Waals surface area contributed by atoms with E-state index in [0.717, 1.165) is 32.1 Å². The van der Waals surface area contributed by atoms with Crippen molar-refractivity contribution in [1.29, 1.82) is 0 Å². The van der Waals surface area contributed by atoms with E-state index in [1.54, 1.807) is 0 Å². The van der Waals surface area contributed by atoms with Crippen LogP contribution in [0.25, 0.3) is 0 Å². The van der Waals surface area contributed by atoms with Gasteiger partial charge in [0.05, 0.1) is 13.2 Å². The minimum Gasteiger partial charge on any atom is -0.378 e. The Morgan fingerprint density at radius 1 is 0.800 bits per heavy atom. The molecule has 0 amide bonds. The molecule has 4 heteroatoms. The second kappa shape index (κ2) is 25.9. The van der Waals surface area contributed by atoms with Gasteiger partial charge in [0.15, 0.2) is 0 Å². The summed E-state index contributed by atoms with van der Waals surface area (Å²) in [5, 5.41) is 0. The summed E-state index contributed by atoms with van der Waals surface area (Å²) < 4.78 is 5.25. The molecule has 1 fully saturated rings. The maximum absolute atomic E-state index is 5.25. The Hall–Kier alpha value is -0.291. The van der Waals surface area contributed by atoms with Crippen LogP contribution in [0.2, 0.25) is 0 Å². The van der Waals surface area contributed by atoms with Gasteiger partial charge < -0.3 is 9.64 Å². The molecule has 1 aliphatic heterocycles. The minimum absolute atomic E-state index is 0. The zero-order valence-corrected chi connectivity index (χ0v) is 20.5. The third-order valence-corrected chi connectivity index (χ3v) is 3.48. The molecule has 0 unspecified atom stereocenters. The average molecular weight is 457 g/mol. The first-order chi connectivity index (χ1) is 11.7. The second-order valence-electron chi connectivity index (χ2n) is 5.79. The molecule has 1 saturated heterocycles. The van der Waals surface area contributed by atoms with Gasteiger partial charge >= 0.3 is 0 Å². The number of morpholine rings is 1. The minimum atomic E-state index is 0. The number of aromatic nitrogens is 1. The van der Waals surface area contributed by atoms with Gasteiger partial charge in [-0.2, -0.15) is 0 Å². The Balaban J connectivity index is -0.000000314. The monoisotopic (exact) mass is 458 g/mol. The fourth-order valence-corrected chi connectivity index (χ4v) is 1.33. The topological polar surface area (TPSA) is 25.4 Å². The molecule has 0 aliphatic carbocycles. The van der Waals surface area contributed by atoms with E-state index in [4.69, 9.17) is 4.74 Å². The van der Waals surface area contributed by atoms with Gasteiger partial charge in [0.2, 0.25) is 0 Å². The van der Waals surface area contributed by atoms with Crippen molar-refractivity contribution in [2.75, 3.05) is 31.2 Å². The van der Waals surface area contributed by atoms with Crippen LogP contribution in [-0.2, 0) is 4.74 Å². The normalized spacial score (nSPS) is 12.2. The van der Waals surface area contributed by atoms with Gasteiger partial charge in [0.25, 0.3) is 0 Å². The number of pyridine rings is 1. The Morgan fingerprint density at radius 2 is 1.24 bits per heavy atom. The van der Waals surface area contributed by atoms with Crippen molar-refractivity contribution in [1.82, 2.24) is 4.98 Å². The molecule has 25 heavy (non-hydrogen) atoms. The van der Waals surface area contributed by atoms with Crippen LogP contribution in [0.5, 0.6) is 0 Å². The van der Waals surface area contributed by atoms with Crippen LogP contribution in [0.15, 0.2) is 24.4 Å². The number of anilines is 1. The second-order valence-corrected chi connectivity index (χ2v) is 5.79. The van der Waals surface area contributed by atoms with E-state index >= 15 is 0 Å². The van der Waals surface area contributed by atoms with Crippen molar-refractivity contribution in [2.45, 2.75) is 80.1 Å². The molecular weight excluding hydrogens is 415 g/mol. The van der Waals surface area contributed by atoms with Gasteiger partial charge in [-0.3, -0.25) is 0 Å². The fourth-order valence-electron chi connectivity index (χ4n) is 1.33. The molecule has 2 rings (SSSR count). The van der Waals surface area contributed by atoms with Crippen molar-refractivity contribution < 1.29 is 4.74 Å². The number of nitrogens with zero attached hydrogens (tertiary/aromatic N) is 2. The molecule has 0 saturated carbocycles. The average Bonchev–Trinajstić information content (AvgIpc) is 2.70. The number of ether oxygens (including phenoxy) is 1. The van der Waals surface area contributed by atoms with Crippen molar-refractivity contribution in [3.63, 3.8) is 0 Å². The first-order valence-corrected chi connectivity index (χ1v) is 9.95. The molecule has 3 nitrogen and oxygen atoms in total. The Bertz CT molecular complexity index is 301. The van der Waals surface area contributed by atoms with Crippen molar-refractivity contribution >= 4 is 29.7 Å². The zero-order chi connectivity index (χ0) is 18.5. The third-order valence-electron chi connectivity index (χ3n) is 3.48. The molecule has 146 valence electrons. The fraction of sp³-hybridized carbons (Fsp3) is 0.762. The van der Waals surface area contributed by atoms with E-state index in [0.29, 0.717) is 0 Å². The number of unbranched alkanes of at least 4 members (excludes halogenated alkanes) is 3. The van der Waals surface area contributed by atoms with Gasteiger partial charge in [-0.15, -0.1) is 0 Å². The quantitative estimate of drug-likeness (QED) is 0.522. The summed E-state index contributed by atoms with van der Waals surface area (Å²) in [5.74, 6) is 1.06. The van der Waals surface area contributed by atoms with Crippen LogP contribution in [-0.4, -0.2) is 55.2 Å². The maximum Gasteiger partial charge on any atom is 0.128 e. The van der Waals surface area contributed by atoms with Gasteiger partial charge in [0.1, 0.15) is 5.82 Å². The SMILES string of the molecule is CCCC.CCCC.CCCC.[Sn].c1ccc(N2CCOCC2)nc1. The molecule has 0 spiro atoms. The van der Waals surface area contributed by atoms with E-state index in [1.165, 1.54) is 38.5 Å². The van der Waals surface area contributed by atoms with Gasteiger partial charge in [-0.05, 0) is 12.1 Å². The molecule has 0 atom stereocenters. The van der Waals surface area contributed by atoms with Gasteiger partial charge in [0, 0.05) is 43.2 Å². The molecule has 1 aromatic rings. The standard InChI is InChI=1S/C9H12N2O.3C4H10.Sn/c1-2-4-10-9(3-1)11-5-7-12-8-6-11;3*1-3-4-2;/h1-4H,5-8H2;3*3-4H2,1-2H3;. The van der Waals surface area contributed by atoms with Gasteiger partial charge in [-0.25, -0.2) is 4.98 Å². The van der Waals surface area contributed by atoms with Gasteiger partial charge in [-0.1, -0.05) is 86.1 Å². The summed E-state index contributed by atoms with van der Waals surface area (Å²) in [6.45, 7) is 16.6. The van der Waals surface area contributed by atoms with Crippen LogP contribution in [0, 0.1) is 0 Å². The molecule has 0 aromatic carbocycles. The van der Waals surface area contributed by atoms with E-state index in [-0.39, 0.29) is 23.9 Å². The van der Waals surface area contributed by atoms with Crippen LogP contribution >= 0.6 is 0 Å². The largest absolute Gasteiger partial charge is 0.378 e. The summed E-state index contributed by atoms with van der Waals surface area (Å²) in [7, 11) is 0. The van der Waals surface area contributed by atoms with Crippen LogP contribution in [0.3, 0.4) is 0 Å². The van der Waals surface area contributed by atoms with E-state index in [9.17, 15) is 0 Å². The first-order valence-electron chi connectivity index (χ1n) is 9.95. The molecular formula is C21H42N2OSn. The molecule has 4 radical (unpaired) electrons. The smallest absolute Gasteiger partial charge is 0.128 e. The van der Waals surface area contributed by atoms with E-state index < -0.39 is 0 Å². The summed E-state index contributed by atoms with van der Waals surface area (Å²) in [5.41, 5.74) is 0. The molecule has 0 bridgehead atoms. The summed E-state index contributed by atoms with van der Waals surface area (Å²) in [4.78, 5) is 6.51. The molecule has 2 heterocycles. The number of hydrogen-bond acceptors (Lipinski definition) is 3. The predicted octanol–water partition coefficient (Wildman–Crippen LogP) is 5.96. The van der Waals surface area contributed by atoms with E-state index in [1.807, 2.05) is 24.4 Å². The molecule has 1 aromatic heterocycles. The van der Waals surface area contributed by atoms with E-state index in [2.05, 4.69) is 51.4 Å². The maximum atomic E-state index is 5.25. The Morgan fingerprint density at radius 3 is 1.56 bits per heavy atom. The van der Waals surface area contributed by atoms with Crippen molar-refractivity contribution in [3.8, 4) is 0 Å². The third kappa shape index (κ3) is 21.7. The Kier molecular flexibility index (Phi) is 30.6. The predicted molar refractivity (Wildman–Crippen MR) is 115 cm³/mol. The van der Waals surface area contributed by atoms with Crippen LogP contribution in [0.1, 0.15) is 80.1 Å². The summed E-state index contributed by atoms with van der Waals surface area (Å²) in [6.07, 6.45) is 9.74. The zero-order valence-electron chi connectivity index (χ0n) is 17.7. The number of hydrogen-bond donors (Lipinski definition) is 0. The molecule has 0 N–H and O–H groups in total. The Labute approximate surface area is 174 Å². The van der Waals surface area contributed by atoms with Crippen molar-refractivity contribution in [2.24, 2.45) is 0 Å². The molecule has 1 aliphatic rings. The number of rotatable bonds is 4. The van der Waals surface area contributed by atoms with Crippen LogP contribution < -0.4 is 4.90 Å². The van der Waals surface area contributed by atoms with Crippen molar-refractivity contribution in [3.05, 3.63) is 24.4 Å². The summed E-state index contributed by atoms with van der Waals surface area (Å²) in [6, 6.07) is 5.98. The van der Waals surface area contributed by atoms with Crippen LogP contribution in [0.4, 0.5) is 5.82 Å². The first kappa shape index (κ1) is 29.5.